The summed E-state index contributed by atoms with van der Waals surface area (Å²) in [6.07, 6.45) is 1.11. The highest BCUT2D eigenvalue weighted by Gasteiger charge is 2.32. The van der Waals surface area contributed by atoms with E-state index in [1.165, 1.54) is 17.2 Å². The summed E-state index contributed by atoms with van der Waals surface area (Å²) in [5, 5.41) is 18.5. The summed E-state index contributed by atoms with van der Waals surface area (Å²) >= 11 is 0. The predicted molar refractivity (Wildman–Crippen MR) is 155 cm³/mol. The molecule has 4 aromatic rings. The van der Waals surface area contributed by atoms with Gasteiger partial charge in [0, 0.05) is 44.4 Å². The van der Waals surface area contributed by atoms with Gasteiger partial charge in [0.25, 0.3) is 0 Å². The Labute approximate surface area is 247 Å². The molecule has 1 atom stereocenters. The van der Waals surface area contributed by atoms with Crippen LogP contribution in [0.1, 0.15) is 33.7 Å². The van der Waals surface area contributed by atoms with E-state index in [0.717, 1.165) is 61.9 Å². The Balaban J connectivity index is 1.00. The second kappa shape index (κ2) is 11.1. The van der Waals surface area contributed by atoms with Crippen molar-refractivity contribution in [1.29, 1.82) is 5.26 Å². The van der Waals surface area contributed by atoms with Gasteiger partial charge in [-0.2, -0.15) is 10.2 Å². The van der Waals surface area contributed by atoms with Crippen LogP contribution in [-0.2, 0) is 24.4 Å². The van der Waals surface area contributed by atoms with E-state index >= 15 is 0 Å². The summed E-state index contributed by atoms with van der Waals surface area (Å²) in [6, 6.07) is 16.9. The lowest BCUT2D eigenvalue weighted by Crippen LogP contribution is -2.33. The molecule has 2 aromatic carbocycles. The van der Waals surface area contributed by atoms with Crippen LogP contribution in [0.4, 0.5) is 10.2 Å². The second-order valence-corrected chi connectivity index (χ2v) is 11.2. The first-order chi connectivity index (χ1) is 20.9. The van der Waals surface area contributed by atoms with Crippen molar-refractivity contribution in [3.05, 3.63) is 94.1 Å². The van der Waals surface area contributed by atoms with Gasteiger partial charge in [0.2, 0.25) is 5.88 Å². The molecule has 7 rings (SSSR count). The number of aromatic carboxylic acids is 1. The minimum absolute atomic E-state index is 0.0208. The van der Waals surface area contributed by atoms with Crippen molar-refractivity contribution in [2.45, 2.75) is 32.2 Å². The second-order valence-electron chi connectivity index (χ2n) is 11.2. The van der Waals surface area contributed by atoms with E-state index < -0.39 is 11.8 Å². The summed E-state index contributed by atoms with van der Waals surface area (Å²) in [5.74, 6) is 0.700. The number of imidazole rings is 1. The van der Waals surface area contributed by atoms with Crippen molar-refractivity contribution < 1.29 is 23.8 Å². The van der Waals surface area contributed by atoms with Gasteiger partial charge in [-0.3, -0.25) is 4.90 Å². The van der Waals surface area contributed by atoms with Crippen LogP contribution < -0.4 is 9.64 Å². The first-order valence-corrected chi connectivity index (χ1v) is 14.2. The number of ether oxygens (including phenoxy) is 2. The fraction of sp³-hybridized carbons (Fsp3) is 0.312. The molecular weight excluding hydrogens is 551 g/mol. The highest BCUT2D eigenvalue weighted by Crippen LogP contribution is 2.31. The molecule has 11 heteroatoms. The van der Waals surface area contributed by atoms with Gasteiger partial charge in [0.05, 0.1) is 47.4 Å². The molecule has 1 fully saturated rings. The van der Waals surface area contributed by atoms with E-state index in [1.807, 2.05) is 18.2 Å². The maximum atomic E-state index is 14.3. The van der Waals surface area contributed by atoms with Crippen molar-refractivity contribution >= 4 is 22.8 Å². The van der Waals surface area contributed by atoms with Gasteiger partial charge in [-0.15, -0.1) is 0 Å². The SMILES string of the molecule is N#Cc1ccc(COc2cccc(N3CC4=C(CN(Cc5nc6ccc(C(=O)O)cc6n5C[C@@H]5CCO5)C4)C3)n2)c(F)c1. The maximum absolute atomic E-state index is 14.3. The normalized spacial score (nSPS) is 18.1. The Morgan fingerprint density at radius 3 is 2.60 bits per heavy atom. The van der Waals surface area contributed by atoms with Crippen molar-refractivity contribution in [3.8, 4) is 11.9 Å². The average molecular weight is 581 g/mol. The van der Waals surface area contributed by atoms with E-state index in [2.05, 4.69) is 19.4 Å². The van der Waals surface area contributed by atoms with Crippen molar-refractivity contribution in [3.63, 3.8) is 0 Å². The van der Waals surface area contributed by atoms with Crippen LogP contribution in [0.2, 0.25) is 0 Å². The Kier molecular flexibility index (Phi) is 7.01. The molecule has 43 heavy (non-hydrogen) atoms. The molecule has 1 N–H and O–H groups in total. The predicted octanol–water partition coefficient (Wildman–Crippen LogP) is 4.14. The Morgan fingerprint density at radius 2 is 1.91 bits per heavy atom. The number of fused-ring (bicyclic) bond motifs is 1. The summed E-state index contributed by atoms with van der Waals surface area (Å²) in [6.45, 7) is 5.27. The highest BCUT2D eigenvalue weighted by molar-refractivity contribution is 5.92. The summed E-state index contributed by atoms with van der Waals surface area (Å²) in [4.78, 5) is 25.8. The monoisotopic (exact) mass is 580 g/mol. The van der Waals surface area contributed by atoms with Gasteiger partial charge in [-0.05, 0) is 54.0 Å². The zero-order valence-corrected chi connectivity index (χ0v) is 23.4. The average Bonchev–Trinajstić information content (AvgIpc) is 3.65. The minimum atomic E-state index is -0.951. The van der Waals surface area contributed by atoms with Gasteiger partial charge in [0.1, 0.15) is 24.1 Å². The van der Waals surface area contributed by atoms with Crippen LogP contribution in [0.25, 0.3) is 11.0 Å². The molecule has 0 amide bonds. The number of carboxylic acids is 1. The van der Waals surface area contributed by atoms with E-state index in [-0.39, 0.29) is 23.8 Å². The Bertz CT molecular complexity index is 1790. The molecule has 10 nitrogen and oxygen atoms in total. The standard InChI is InChI=1S/C32H29FN6O4/c33-26-10-20(12-34)4-5-22(26)19-43-31-3-1-2-29(36-31)38-15-23-13-37(14-24(23)16-38)18-30-35-27-7-6-21(32(40)41)11-28(27)39(30)17-25-8-9-42-25/h1-7,10-11,25H,8-9,13-19H2,(H,40,41)/t25-/m0/s1. The molecule has 0 spiro atoms. The Hall–Kier alpha value is -4.79. The van der Waals surface area contributed by atoms with Gasteiger partial charge in [-0.25, -0.2) is 14.2 Å². The lowest BCUT2D eigenvalue weighted by Gasteiger charge is -2.28. The van der Waals surface area contributed by atoms with Gasteiger partial charge in [0.15, 0.2) is 0 Å². The van der Waals surface area contributed by atoms with Gasteiger partial charge < -0.3 is 24.0 Å². The fourth-order valence-electron chi connectivity index (χ4n) is 5.94. The quantitative estimate of drug-likeness (QED) is 0.292. The number of rotatable bonds is 9. The van der Waals surface area contributed by atoms with Crippen LogP contribution in [0.5, 0.6) is 5.88 Å². The third-order valence-electron chi connectivity index (χ3n) is 8.30. The topological polar surface area (TPSA) is 117 Å². The minimum Gasteiger partial charge on any atom is -0.478 e. The van der Waals surface area contributed by atoms with Crippen LogP contribution in [0.3, 0.4) is 0 Å². The first kappa shape index (κ1) is 27.1. The van der Waals surface area contributed by atoms with E-state index in [1.54, 1.807) is 36.4 Å². The number of pyridine rings is 1. The third-order valence-corrected chi connectivity index (χ3v) is 8.30. The van der Waals surface area contributed by atoms with E-state index in [9.17, 15) is 14.3 Å². The first-order valence-electron chi connectivity index (χ1n) is 14.2. The molecule has 2 aromatic heterocycles. The molecule has 0 radical (unpaired) electrons. The number of nitriles is 1. The number of carbonyl (C=O) groups is 1. The van der Waals surface area contributed by atoms with Gasteiger partial charge in [-0.1, -0.05) is 12.1 Å². The molecule has 218 valence electrons. The number of hydrogen-bond acceptors (Lipinski definition) is 8. The van der Waals surface area contributed by atoms with Crippen molar-refractivity contribution in [1.82, 2.24) is 19.4 Å². The number of hydrogen-bond donors (Lipinski definition) is 1. The summed E-state index contributed by atoms with van der Waals surface area (Å²) < 4.78 is 27.9. The summed E-state index contributed by atoms with van der Waals surface area (Å²) in [7, 11) is 0. The molecule has 0 aliphatic carbocycles. The lowest BCUT2D eigenvalue weighted by atomic mass is 10.1. The molecule has 0 unspecified atom stereocenters. The van der Waals surface area contributed by atoms with Gasteiger partial charge >= 0.3 is 5.97 Å². The number of halogens is 1. The van der Waals surface area contributed by atoms with E-state index in [4.69, 9.17) is 19.7 Å². The van der Waals surface area contributed by atoms with Crippen molar-refractivity contribution in [2.24, 2.45) is 0 Å². The smallest absolute Gasteiger partial charge is 0.335 e. The fourth-order valence-corrected chi connectivity index (χ4v) is 5.94. The maximum Gasteiger partial charge on any atom is 0.335 e. The number of aromatic nitrogens is 3. The third kappa shape index (κ3) is 5.43. The lowest BCUT2D eigenvalue weighted by molar-refractivity contribution is -0.0591. The van der Waals surface area contributed by atoms with Crippen LogP contribution in [0.15, 0.2) is 65.7 Å². The zero-order chi connectivity index (χ0) is 29.5. The van der Waals surface area contributed by atoms with Crippen molar-refractivity contribution in [2.75, 3.05) is 37.7 Å². The molecule has 1 saturated heterocycles. The molecular formula is C32H29FN6O4. The van der Waals surface area contributed by atoms with Crippen LogP contribution >= 0.6 is 0 Å². The largest absolute Gasteiger partial charge is 0.478 e. The molecule has 5 heterocycles. The number of carboxylic acid groups (broad SMARTS) is 1. The molecule has 0 saturated carbocycles. The van der Waals surface area contributed by atoms with E-state index in [0.29, 0.717) is 24.5 Å². The van der Waals surface area contributed by atoms with Crippen LogP contribution in [0, 0.1) is 17.1 Å². The summed E-state index contributed by atoms with van der Waals surface area (Å²) in [5.41, 5.74) is 5.24. The zero-order valence-electron chi connectivity index (χ0n) is 23.4. The highest BCUT2D eigenvalue weighted by atomic mass is 19.1. The van der Waals surface area contributed by atoms with Crippen LogP contribution in [-0.4, -0.2) is 69.4 Å². The number of benzene rings is 2. The number of anilines is 1. The molecule has 3 aliphatic heterocycles. The molecule has 0 bridgehead atoms. The molecule has 3 aliphatic rings. The Morgan fingerprint density at radius 1 is 1.09 bits per heavy atom. The number of nitrogens with zero attached hydrogens (tertiary/aromatic N) is 6.